The molecule has 0 aliphatic carbocycles. The fourth-order valence-electron chi connectivity index (χ4n) is 4.07. The van der Waals surface area contributed by atoms with Gasteiger partial charge in [0.05, 0.1) is 18.9 Å². The van der Waals surface area contributed by atoms with E-state index in [1.807, 2.05) is 6.92 Å². The van der Waals surface area contributed by atoms with Gasteiger partial charge in [-0.2, -0.15) is 0 Å². The molecule has 0 bridgehead atoms. The highest BCUT2D eigenvalue weighted by Gasteiger charge is 2.36. The normalized spacial score (nSPS) is 25.0. The third-order valence-corrected chi connectivity index (χ3v) is 5.24. The highest BCUT2D eigenvalue weighted by Crippen LogP contribution is 2.37. The van der Waals surface area contributed by atoms with Gasteiger partial charge in [0.15, 0.2) is 0 Å². The van der Waals surface area contributed by atoms with Crippen molar-refractivity contribution in [3.63, 3.8) is 0 Å². The lowest BCUT2D eigenvalue weighted by Gasteiger charge is -2.44. The lowest BCUT2D eigenvalue weighted by atomic mass is 9.98. The van der Waals surface area contributed by atoms with E-state index in [4.69, 9.17) is 9.26 Å². The summed E-state index contributed by atoms with van der Waals surface area (Å²) in [4.78, 5) is 5.20. The number of ether oxygens (including phenoxy) is 1. The molecule has 3 heterocycles. The summed E-state index contributed by atoms with van der Waals surface area (Å²) in [5.74, 6) is 0.985. The third-order valence-electron chi connectivity index (χ3n) is 5.24. The Morgan fingerprint density at radius 1 is 1.18 bits per heavy atom. The van der Waals surface area contributed by atoms with Gasteiger partial charge in [-0.15, -0.1) is 0 Å². The van der Waals surface area contributed by atoms with Crippen LogP contribution in [0.3, 0.4) is 0 Å². The molecule has 1 aromatic rings. The highest BCUT2D eigenvalue weighted by atomic mass is 16.5. The maximum atomic E-state index is 5.50. The van der Waals surface area contributed by atoms with Crippen LogP contribution in [0.1, 0.15) is 49.7 Å². The van der Waals surface area contributed by atoms with Crippen LogP contribution in [0.15, 0.2) is 4.52 Å². The Morgan fingerprint density at radius 3 is 2.55 bits per heavy atom. The van der Waals surface area contributed by atoms with Gasteiger partial charge in [0.25, 0.3) is 0 Å². The number of nitrogens with zero attached hydrogens (tertiary/aromatic N) is 3. The monoisotopic (exact) mass is 307 g/mol. The molecule has 0 amide bonds. The average Bonchev–Trinajstić information content (AvgIpc) is 3.06. The zero-order valence-corrected chi connectivity index (χ0v) is 14.4. The van der Waals surface area contributed by atoms with Gasteiger partial charge < -0.3 is 9.26 Å². The van der Waals surface area contributed by atoms with E-state index in [2.05, 4.69) is 35.7 Å². The summed E-state index contributed by atoms with van der Waals surface area (Å²) >= 11 is 0. The van der Waals surface area contributed by atoms with Crippen LogP contribution in [0.2, 0.25) is 0 Å². The quantitative estimate of drug-likeness (QED) is 0.855. The van der Waals surface area contributed by atoms with Crippen molar-refractivity contribution in [1.82, 2.24) is 15.0 Å². The molecule has 1 aromatic heterocycles. The molecule has 2 fully saturated rings. The molecule has 5 nitrogen and oxygen atoms in total. The van der Waals surface area contributed by atoms with Crippen LogP contribution < -0.4 is 0 Å². The molecule has 5 heteroatoms. The zero-order chi connectivity index (χ0) is 15.7. The molecule has 2 aliphatic heterocycles. The first-order valence-electron chi connectivity index (χ1n) is 8.48. The molecular weight excluding hydrogens is 278 g/mol. The van der Waals surface area contributed by atoms with Crippen LogP contribution in [-0.4, -0.2) is 59.9 Å². The number of likely N-dealkylation sites (tertiary alicyclic amines) is 1. The second kappa shape index (κ2) is 6.30. The summed E-state index contributed by atoms with van der Waals surface area (Å²) in [5, 5.41) is 4.15. The molecule has 1 unspecified atom stereocenters. The summed E-state index contributed by atoms with van der Waals surface area (Å²) in [7, 11) is 0. The van der Waals surface area contributed by atoms with Crippen LogP contribution in [0.5, 0.6) is 0 Å². The molecule has 0 radical (unpaired) electrons. The van der Waals surface area contributed by atoms with Gasteiger partial charge in [0.2, 0.25) is 0 Å². The molecule has 124 valence electrons. The number of rotatable bonds is 4. The lowest BCUT2D eigenvalue weighted by molar-refractivity contribution is -0.0231. The van der Waals surface area contributed by atoms with Crippen molar-refractivity contribution in [3.05, 3.63) is 17.0 Å². The standard InChI is InChI=1S/C17H29N3O2/c1-13-16(14(2)22-18-13)15-6-5-7-19(15)12-17(3,4)20-8-10-21-11-9-20/h15H,5-12H2,1-4H3. The van der Waals surface area contributed by atoms with Crippen molar-refractivity contribution in [2.75, 3.05) is 39.4 Å². The molecule has 0 saturated carbocycles. The van der Waals surface area contributed by atoms with Crippen molar-refractivity contribution in [1.29, 1.82) is 0 Å². The second-order valence-electron chi connectivity index (χ2n) is 7.28. The minimum absolute atomic E-state index is 0.172. The minimum atomic E-state index is 0.172. The first kappa shape index (κ1) is 16.0. The Morgan fingerprint density at radius 2 is 1.91 bits per heavy atom. The van der Waals surface area contributed by atoms with E-state index in [-0.39, 0.29) is 5.54 Å². The van der Waals surface area contributed by atoms with E-state index in [0.29, 0.717) is 6.04 Å². The van der Waals surface area contributed by atoms with Gasteiger partial charge in [-0.1, -0.05) is 5.16 Å². The van der Waals surface area contributed by atoms with E-state index >= 15 is 0 Å². The van der Waals surface area contributed by atoms with Gasteiger partial charge in [-0.25, -0.2) is 0 Å². The van der Waals surface area contributed by atoms with Crippen LogP contribution >= 0.6 is 0 Å². The Kier molecular flexibility index (Phi) is 4.57. The first-order valence-corrected chi connectivity index (χ1v) is 8.48. The van der Waals surface area contributed by atoms with Crippen LogP contribution in [0.4, 0.5) is 0 Å². The largest absolute Gasteiger partial charge is 0.379 e. The summed E-state index contributed by atoms with van der Waals surface area (Å²) in [6, 6.07) is 0.464. The maximum Gasteiger partial charge on any atom is 0.138 e. The predicted octanol–water partition coefficient (Wildman–Crippen LogP) is 2.54. The van der Waals surface area contributed by atoms with E-state index in [0.717, 1.165) is 44.3 Å². The summed E-state index contributed by atoms with van der Waals surface area (Å²) < 4.78 is 10.9. The molecule has 1 atom stereocenters. The van der Waals surface area contributed by atoms with Crippen molar-refractivity contribution < 1.29 is 9.26 Å². The number of hydrogen-bond acceptors (Lipinski definition) is 5. The average molecular weight is 307 g/mol. The number of morpholine rings is 1. The van der Waals surface area contributed by atoms with Gasteiger partial charge >= 0.3 is 0 Å². The summed E-state index contributed by atoms with van der Waals surface area (Å²) in [5.41, 5.74) is 2.54. The zero-order valence-electron chi connectivity index (χ0n) is 14.4. The summed E-state index contributed by atoms with van der Waals surface area (Å²) in [6.45, 7) is 14.9. The Balaban J connectivity index is 1.73. The smallest absolute Gasteiger partial charge is 0.138 e. The van der Waals surface area contributed by atoms with E-state index in [1.165, 1.54) is 24.9 Å². The molecule has 0 N–H and O–H groups in total. The first-order chi connectivity index (χ1) is 10.5. The SMILES string of the molecule is Cc1noc(C)c1C1CCCN1CC(C)(C)N1CCOCC1. The van der Waals surface area contributed by atoms with E-state index < -0.39 is 0 Å². The van der Waals surface area contributed by atoms with Crippen LogP contribution in [0.25, 0.3) is 0 Å². The van der Waals surface area contributed by atoms with Crippen molar-refractivity contribution in [2.24, 2.45) is 0 Å². The molecule has 2 aliphatic rings. The van der Waals surface area contributed by atoms with E-state index in [1.54, 1.807) is 0 Å². The molecule has 2 saturated heterocycles. The molecule has 0 spiro atoms. The fourth-order valence-corrected chi connectivity index (χ4v) is 4.07. The Bertz CT molecular complexity index is 487. The molecule has 22 heavy (non-hydrogen) atoms. The predicted molar refractivity (Wildman–Crippen MR) is 86.0 cm³/mol. The van der Waals surface area contributed by atoms with Crippen LogP contribution in [-0.2, 0) is 4.74 Å². The van der Waals surface area contributed by atoms with Gasteiger partial charge in [0.1, 0.15) is 5.76 Å². The van der Waals surface area contributed by atoms with Gasteiger partial charge in [-0.05, 0) is 47.1 Å². The van der Waals surface area contributed by atoms with Crippen molar-refractivity contribution >= 4 is 0 Å². The maximum absolute atomic E-state index is 5.50. The Hall–Kier alpha value is -0.910. The van der Waals surface area contributed by atoms with E-state index in [9.17, 15) is 0 Å². The van der Waals surface area contributed by atoms with Gasteiger partial charge in [0, 0.05) is 36.8 Å². The number of aromatic nitrogens is 1. The number of hydrogen-bond donors (Lipinski definition) is 0. The number of aryl methyl sites for hydroxylation is 2. The van der Waals surface area contributed by atoms with Crippen molar-refractivity contribution in [3.8, 4) is 0 Å². The minimum Gasteiger partial charge on any atom is -0.379 e. The van der Waals surface area contributed by atoms with Crippen LogP contribution in [0, 0.1) is 13.8 Å². The third kappa shape index (κ3) is 3.07. The topological polar surface area (TPSA) is 41.7 Å². The molecular formula is C17H29N3O2. The highest BCUT2D eigenvalue weighted by molar-refractivity contribution is 5.26. The molecule has 3 rings (SSSR count). The second-order valence-corrected chi connectivity index (χ2v) is 7.28. The lowest BCUT2D eigenvalue weighted by Crippen LogP contribution is -2.55. The van der Waals surface area contributed by atoms with Gasteiger partial charge in [-0.3, -0.25) is 9.80 Å². The van der Waals surface area contributed by atoms with Crippen molar-refractivity contribution in [2.45, 2.75) is 52.1 Å². The molecule has 0 aromatic carbocycles. The Labute approximate surface area is 133 Å². The summed E-state index contributed by atoms with van der Waals surface area (Å²) in [6.07, 6.45) is 2.47. The fraction of sp³-hybridized carbons (Fsp3) is 0.824.